The Bertz CT molecular complexity index is 752. The Hall–Kier alpha value is -2.67. The molecule has 1 aromatic carbocycles. The van der Waals surface area contributed by atoms with E-state index in [-0.39, 0.29) is 18.2 Å². The van der Waals surface area contributed by atoms with Gasteiger partial charge in [-0.1, -0.05) is 18.2 Å². The lowest BCUT2D eigenvalue weighted by Crippen LogP contribution is -2.34. The highest BCUT2D eigenvalue weighted by Gasteiger charge is 2.30. The Balaban J connectivity index is 1.95. The summed E-state index contributed by atoms with van der Waals surface area (Å²) in [5, 5.41) is 15.7. The highest BCUT2D eigenvalue weighted by atomic mass is 32.1. The van der Waals surface area contributed by atoms with E-state index in [0.717, 1.165) is 10.4 Å². The zero-order valence-corrected chi connectivity index (χ0v) is 14.9. The molecule has 0 spiro atoms. The zero-order chi connectivity index (χ0) is 18.4. The Labute approximate surface area is 149 Å². The molecule has 2 rings (SSSR count). The van der Waals surface area contributed by atoms with E-state index in [2.05, 4.69) is 10.6 Å². The van der Waals surface area contributed by atoms with Gasteiger partial charge in [-0.25, -0.2) is 0 Å². The normalized spacial score (nSPS) is 11.0. The second-order valence-electron chi connectivity index (χ2n) is 6.10. The third-order valence-corrected chi connectivity index (χ3v) is 4.91. The van der Waals surface area contributed by atoms with Crippen molar-refractivity contribution in [1.29, 1.82) is 0 Å². The third-order valence-electron chi connectivity index (χ3n) is 3.72. The van der Waals surface area contributed by atoms with E-state index in [0.29, 0.717) is 5.69 Å². The molecule has 7 heteroatoms. The largest absolute Gasteiger partial charge is 0.480 e. The fourth-order valence-corrected chi connectivity index (χ4v) is 3.01. The molecule has 0 fully saturated rings. The first-order valence-corrected chi connectivity index (χ1v) is 8.60. The fourth-order valence-electron chi connectivity index (χ4n) is 2.16. The number of hydrogen-bond acceptors (Lipinski definition) is 4. The molecule has 0 bridgehead atoms. The van der Waals surface area contributed by atoms with E-state index in [9.17, 15) is 14.4 Å². The van der Waals surface area contributed by atoms with Crippen molar-refractivity contribution < 1.29 is 19.5 Å². The predicted octanol–water partition coefficient (Wildman–Crippen LogP) is 2.41. The third kappa shape index (κ3) is 5.15. The quantitative estimate of drug-likeness (QED) is 0.706. The number of rotatable bonds is 7. The summed E-state index contributed by atoms with van der Waals surface area (Å²) in [5.41, 5.74) is 0.742. The molecule has 0 saturated heterocycles. The van der Waals surface area contributed by atoms with Crippen LogP contribution in [-0.4, -0.2) is 29.4 Å². The molecule has 6 nitrogen and oxygen atoms in total. The Morgan fingerprint density at radius 2 is 1.80 bits per heavy atom. The van der Waals surface area contributed by atoms with E-state index in [4.69, 9.17) is 5.11 Å². The maximum absolute atomic E-state index is 12.5. The van der Waals surface area contributed by atoms with Crippen molar-refractivity contribution in [3.05, 3.63) is 52.2 Å². The number of thiophene rings is 1. The molecule has 0 radical (unpaired) electrons. The van der Waals surface area contributed by atoms with Gasteiger partial charge in [0.25, 0.3) is 0 Å². The summed E-state index contributed by atoms with van der Waals surface area (Å²) in [6, 6.07) is 10.8. The van der Waals surface area contributed by atoms with Crippen LogP contribution in [0, 0.1) is 0 Å². The molecule has 1 aromatic heterocycles. The lowest BCUT2D eigenvalue weighted by atomic mass is 9.90. The molecule has 1 heterocycles. The number of amides is 2. The molecule has 25 heavy (non-hydrogen) atoms. The molecule has 0 aliphatic heterocycles. The van der Waals surface area contributed by atoms with Crippen LogP contribution in [0.5, 0.6) is 0 Å². The van der Waals surface area contributed by atoms with Crippen LogP contribution in [0.1, 0.15) is 24.3 Å². The number of hydrogen-bond donors (Lipinski definition) is 3. The number of nitrogens with one attached hydrogen (secondary N) is 2. The topological polar surface area (TPSA) is 95.5 Å². The number of benzene rings is 1. The average Bonchev–Trinajstić information content (AvgIpc) is 3.10. The van der Waals surface area contributed by atoms with Gasteiger partial charge in [0.15, 0.2) is 0 Å². The van der Waals surface area contributed by atoms with Gasteiger partial charge in [0, 0.05) is 10.6 Å². The fraction of sp³-hybridized carbons (Fsp3) is 0.278. The summed E-state index contributed by atoms with van der Waals surface area (Å²) in [7, 11) is 0. The molecule has 0 atom stereocenters. The summed E-state index contributed by atoms with van der Waals surface area (Å²) in [4.78, 5) is 35.5. The Morgan fingerprint density at radius 1 is 1.12 bits per heavy atom. The molecular formula is C18H20N2O4S. The minimum Gasteiger partial charge on any atom is -0.480 e. The highest BCUT2D eigenvalue weighted by molar-refractivity contribution is 7.10. The molecule has 132 valence electrons. The first-order chi connectivity index (χ1) is 11.8. The first-order valence-electron chi connectivity index (χ1n) is 7.72. The van der Waals surface area contributed by atoms with Gasteiger partial charge >= 0.3 is 5.97 Å². The molecule has 0 aliphatic rings. The second kappa shape index (κ2) is 7.94. The van der Waals surface area contributed by atoms with Gasteiger partial charge in [-0.15, -0.1) is 11.3 Å². The molecule has 0 aliphatic carbocycles. The Morgan fingerprint density at radius 3 is 2.36 bits per heavy atom. The van der Waals surface area contributed by atoms with E-state index < -0.39 is 17.9 Å². The van der Waals surface area contributed by atoms with Crippen molar-refractivity contribution in [2.45, 2.75) is 25.7 Å². The lowest BCUT2D eigenvalue weighted by Gasteiger charge is -2.22. The van der Waals surface area contributed by atoms with Crippen molar-refractivity contribution in [2.75, 3.05) is 11.9 Å². The van der Waals surface area contributed by atoms with Gasteiger partial charge in [0.05, 0.1) is 11.8 Å². The van der Waals surface area contributed by atoms with Gasteiger partial charge in [0.1, 0.15) is 6.54 Å². The van der Waals surface area contributed by atoms with Crippen LogP contribution in [0.3, 0.4) is 0 Å². The van der Waals surface area contributed by atoms with E-state index in [1.807, 2.05) is 31.4 Å². The van der Waals surface area contributed by atoms with E-state index >= 15 is 0 Å². The maximum Gasteiger partial charge on any atom is 0.322 e. The first kappa shape index (κ1) is 18.7. The van der Waals surface area contributed by atoms with Gasteiger partial charge in [-0.2, -0.15) is 0 Å². The lowest BCUT2D eigenvalue weighted by molar-refractivity contribution is -0.137. The van der Waals surface area contributed by atoms with E-state index in [1.54, 1.807) is 24.3 Å². The number of aliphatic carboxylic acids is 1. The van der Waals surface area contributed by atoms with Gasteiger partial charge in [-0.3, -0.25) is 14.4 Å². The van der Waals surface area contributed by atoms with Crippen molar-refractivity contribution in [3.63, 3.8) is 0 Å². The molecule has 3 N–H and O–H groups in total. The standard InChI is InChI=1S/C18H20N2O4S/c1-18(2,14-4-3-9-25-14)17(24)20-13-7-5-12(6-8-13)10-15(21)19-11-16(22)23/h3-9H,10-11H2,1-2H3,(H,19,21)(H,20,24)(H,22,23). The van der Waals surface area contributed by atoms with Crippen LogP contribution >= 0.6 is 11.3 Å². The Kier molecular flexibility index (Phi) is 5.93. The van der Waals surface area contributed by atoms with Crippen molar-refractivity contribution in [1.82, 2.24) is 5.32 Å². The number of carbonyl (C=O) groups is 3. The van der Waals surface area contributed by atoms with Crippen LogP contribution in [0.2, 0.25) is 0 Å². The summed E-state index contributed by atoms with van der Waals surface area (Å²) in [5.74, 6) is -1.56. The van der Waals surface area contributed by atoms with Crippen molar-refractivity contribution in [2.24, 2.45) is 0 Å². The number of anilines is 1. The van der Waals surface area contributed by atoms with Crippen molar-refractivity contribution >= 4 is 34.8 Å². The summed E-state index contributed by atoms with van der Waals surface area (Å²) in [6.45, 7) is 3.34. The minimum atomic E-state index is -1.08. The summed E-state index contributed by atoms with van der Waals surface area (Å²) >= 11 is 1.54. The van der Waals surface area contributed by atoms with Crippen LogP contribution < -0.4 is 10.6 Å². The maximum atomic E-state index is 12.5. The molecule has 2 aromatic rings. The monoisotopic (exact) mass is 360 g/mol. The van der Waals surface area contributed by atoms with E-state index in [1.165, 1.54) is 11.3 Å². The highest BCUT2D eigenvalue weighted by Crippen LogP contribution is 2.29. The van der Waals surface area contributed by atoms with Gasteiger partial charge in [0.2, 0.25) is 11.8 Å². The van der Waals surface area contributed by atoms with Crippen LogP contribution in [0.4, 0.5) is 5.69 Å². The summed E-state index contributed by atoms with van der Waals surface area (Å²) < 4.78 is 0. The molecule has 2 amide bonds. The number of carbonyl (C=O) groups excluding carboxylic acids is 2. The molecule has 0 unspecified atom stereocenters. The second-order valence-corrected chi connectivity index (χ2v) is 7.05. The van der Waals surface area contributed by atoms with Gasteiger partial charge in [-0.05, 0) is 43.0 Å². The smallest absolute Gasteiger partial charge is 0.322 e. The zero-order valence-electron chi connectivity index (χ0n) is 14.0. The molecule has 0 saturated carbocycles. The summed E-state index contributed by atoms with van der Waals surface area (Å²) in [6.07, 6.45) is 0.0855. The van der Waals surface area contributed by atoms with Crippen LogP contribution in [0.15, 0.2) is 41.8 Å². The van der Waals surface area contributed by atoms with Crippen LogP contribution in [-0.2, 0) is 26.2 Å². The number of carboxylic acids is 1. The average molecular weight is 360 g/mol. The van der Waals surface area contributed by atoms with Crippen LogP contribution in [0.25, 0.3) is 0 Å². The minimum absolute atomic E-state index is 0.0855. The van der Waals surface area contributed by atoms with Gasteiger partial charge < -0.3 is 15.7 Å². The predicted molar refractivity (Wildman–Crippen MR) is 96.8 cm³/mol. The molecular weight excluding hydrogens is 340 g/mol. The SMILES string of the molecule is CC(C)(C(=O)Nc1ccc(CC(=O)NCC(=O)O)cc1)c1cccs1. The van der Waals surface area contributed by atoms with Crippen molar-refractivity contribution in [3.8, 4) is 0 Å². The number of carboxylic acid groups (broad SMARTS) is 1.